The van der Waals surface area contributed by atoms with E-state index in [1.165, 1.54) is 0 Å². The van der Waals surface area contributed by atoms with Crippen LogP contribution in [0.15, 0.2) is 18.2 Å². The second-order valence-corrected chi connectivity index (χ2v) is 3.45. The molecule has 4 heteroatoms. The van der Waals surface area contributed by atoms with Gasteiger partial charge in [0.25, 0.3) is 0 Å². The van der Waals surface area contributed by atoms with E-state index in [-0.39, 0.29) is 0 Å². The lowest BCUT2D eigenvalue weighted by Gasteiger charge is -2.26. The Bertz CT molecular complexity index is 305. The van der Waals surface area contributed by atoms with Crippen molar-refractivity contribution < 1.29 is 4.74 Å². The van der Waals surface area contributed by atoms with Crippen molar-refractivity contribution in [3.8, 4) is 5.75 Å². The summed E-state index contributed by atoms with van der Waals surface area (Å²) in [5, 5.41) is 0.645. The Labute approximate surface area is 81.6 Å². The summed E-state index contributed by atoms with van der Waals surface area (Å²) in [5.74, 6) is 0.736. The Morgan fingerprint density at radius 3 is 3.08 bits per heavy atom. The molecule has 0 aliphatic carbocycles. The number of fused-ring (bicyclic) bond motifs is 1. The molecule has 0 radical (unpaired) electrons. The van der Waals surface area contributed by atoms with Crippen molar-refractivity contribution in [3.05, 3.63) is 23.2 Å². The standard InChI is InChI=1S/C8H8ClNOS/c9-6-2-1-3-7-8(6)11-5-4-10(7)12/h1-3,12H,4-5H2. The maximum atomic E-state index is 5.92. The Hall–Kier alpha value is -0.540. The van der Waals surface area contributed by atoms with E-state index in [9.17, 15) is 0 Å². The Morgan fingerprint density at radius 1 is 1.50 bits per heavy atom. The van der Waals surface area contributed by atoms with Gasteiger partial charge in [-0.2, -0.15) is 0 Å². The fourth-order valence-corrected chi connectivity index (χ4v) is 1.66. The average molecular weight is 202 g/mol. The fraction of sp³-hybridized carbons (Fsp3) is 0.250. The maximum Gasteiger partial charge on any atom is 0.162 e. The molecule has 0 unspecified atom stereocenters. The summed E-state index contributed by atoms with van der Waals surface area (Å²) in [4.78, 5) is 0. The van der Waals surface area contributed by atoms with Crippen molar-refractivity contribution in [1.29, 1.82) is 0 Å². The maximum absolute atomic E-state index is 5.92. The van der Waals surface area contributed by atoms with Gasteiger partial charge >= 0.3 is 0 Å². The zero-order chi connectivity index (χ0) is 8.55. The van der Waals surface area contributed by atoms with Gasteiger partial charge in [-0.05, 0) is 12.1 Å². The van der Waals surface area contributed by atoms with E-state index in [2.05, 4.69) is 12.8 Å². The zero-order valence-corrected chi connectivity index (χ0v) is 7.98. The average Bonchev–Trinajstić information content (AvgIpc) is 2.07. The third kappa shape index (κ3) is 1.23. The van der Waals surface area contributed by atoms with Gasteiger partial charge in [-0.3, -0.25) is 0 Å². The van der Waals surface area contributed by atoms with Crippen LogP contribution in [0.5, 0.6) is 5.75 Å². The summed E-state index contributed by atoms with van der Waals surface area (Å²) < 4.78 is 7.24. The number of benzene rings is 1. The van der Waals surface area contributed by atoms with Crippen molar-refractivity contribution in [1.82, 2.24) is 0 Å². The van der Waals surface area contributed by atoms with Gasteiger partial charge in [-0.25, -0.2) is 0 Å². The molecule has 12 heavy (non-hydrogen) atoms. The Balaban J connectivity index is 2.52. The number of rotatable bonds is 0. The minimum atomic E-state index is 0.639. The van der Waals surface area contributed by atoms with Gasteiger partial charge in [0.15, 0.2) is 5.75 Å². The predicted molar refractivity (Wildman–Crippen MR) is 53.3 cm³/mol. The van der Waals surface area contributed by atoms with Crippen molar-refractivity contribution in [2.45, 2.75) is 0 Å². The molecular formula is C8H8ClNOS. The minimum absolute atomic E-state index is 0.639. The highest BCUT2D eigenvalue weighted by atomic mass is 35.5. The van der Waals surface area contributed by atoms with Crippen molar-refractivity contribution in [2.24, 2.45) is 0 Å². The number of thiol groups is 1. The summed E-state index contributed by atoms with van der Waals surface area (Å²) in [5.41, 5.74) is 0.942. The molecule has 1 aromatic carbocycles. The highest BCUT2D eigenvalue weighted by molar-refractivity contribution is 7.81. The molecule has 0 aromatic heterocycles. The number of hydrogen-bond donors (Lipinski definition) is 1. The van der Waals surface area contributed by atoms with Crippen LogP contribution in [-0.2, 0) is 0 Å². The number of hydrogen-bond acceptors (Lipinski definition) is 3. The monoisotopic (exact) mass is 201 g/mol. The molecule has 0 amide bonds. The zero-order valence-electron chi connectivity index (χ0n) is 6.33. The molecule has 0 bridgehead atoms. The Kier molecular flexibility index (Phi) is 2.07. The summed E-state index contributed by atoms with van der Waals surface area (Å²) in [6.07, 6.45) is 0. The lowest BCUT2D eigenvalue weighted by atomic mass is 10.2. The third-order valence-corrected chi connectivity index (χ3v) is 2.49. The summed E-state index contributed by atoms with van der Waals surface area (Å²) in [6, 6.07) is 5.64. The van der Waals surface area contributed by atoms with Crippen LogP contribution in [0.4, 0.5) is 5.69 Å². The van der Waals surface area contributed by atoms with E-state index in [0.717, 1.165) is 18.0 Å². The quantitative estimate of drug-likeness (QED) is 0.648. The van der Waals surface area contributed by atoms with Crippen LogP contribution in [0.1, 0.15) is 0 Å². The molecule has 0 spiro atoms. The molecule has 0 N–H and O–H groups in total. The van der Waals surface area contributed by atoms with E-state index in [1.807, 2.05) is 22.5 Å². The molecule has 0 fully saturated rings. The normalized spacial score (nSPS) is 15.3. The van der Waals surface area contributed by atoms with Crippen LogP contribution in [-0.4, -0.2) is 13.2 Å². The van der Waals surface area contributed by atoms with Crippen molar-refractivity contribution >= 4 is 30.1 Å². The van der Waals surface area contributed by atoms with Crippen LogP contribution < -0.4 is 9.04 Å². The number of para-hydroxylation sites is 1. The first-order valence-corrected chi connectivity index (χ1v) is 4.44. The number of nitrogens with zero attached hydrogens (tertiary/aromatic N) is 1. The molecule has 1 heterocycles. The van der Waals surface area contributed by atoms with Gasteiger partial charge in [0.1, 0.15) is 6.61 Å². The van der Waals surface area contributed by atoms with Crippen LogP contribution in [0.3, 0.4) is 0 Å². The van der Waals surface area contributed by atoms with Gasteiger partial charge < -0.3 is 9.04 Å². The fourth-order valence-electron chi connectivity index (χ4n) is 1.20. The lowest BCUT2D eigenvalue weighted by molar-refractivity contribution is 0.318. The molecule has 2 nitrogen and oxygen atoms in total. The number of anilines is 1. The van der Waals surface area contributed by atoms with E-state index >= 15 is 0 Å². The van der Waals surface area contributed by atoms with Gasteiger partial charge in [0.2, 0.25) is 0 Å². The summed E-state index contributed by atoms with van der Waals surface area (Å²) in [6.45, 7) is 1.43. The van der Waals surface area contributed by atoms with Crippen LogP contribution in [0, 0.1) is 0 Å². The van der Waals surface area contributed by atoms with Crippen LogP contribution >= 0.6 is 24.4 Å². The highest BCUT2D eigenvalue weighted by Crippen LogP contribution is 2.38. The Morgan fingerprint density at radius 2 is 2.33 bits per heavy atom. The highest BCUT2D eigenvalue weighted by Gasteiger charge is 2.17. The summed E-state index contributed by atoms with van der Waals surface area (Å²) >= 11 is 10.2. The van der Waals surface area contributed by atoms with E-state index in [4.69, 9.17) is 16.3 Å². The van der Waals surface area contributed by atoms with Gasteiger partial charge in [0.05, 0.1) is 17.3 Å². The van der Waals surface area contributed by atoms with Crippen LogP contribution in [0.25, 0.3) is 0 Å². The molecule has 0 atom stereocenters. The first kappa shape index (κ1) is 8.08. The predicted octanol–water partition coefficient (Wildman–Crippen LogP) is 2.38. The molecule has 1 aromatic rings. The van der Waals surface area contributed by atoms with E-state index < -0.39 is 0 Å². The number of ether oxygens (including phenoxy) is 1. The van der Waals surface area contributed by atoms with Crippen LogP contribution in [0.2, 0.25) is 5.02 Å². The SMILES string of the molecule is SN1CCOc2c(Cl)cccc21. The molecular weight excluding hydrogens is 194 g/mol. The van der Waals surface area contributed by atoms with Gasteiger partial charge in [-0.15, -0.1) is 0 Å². The third-order valence-electron chi connectivity index (χ3n) is 1.77. The molecule has 2 rings (SSSR count). The first-order chi connectivity index (χ1) is 5.79. The number of halogens is 1. The molecule has 64 valence electrons. The van der Waals surface area contributed by atoms with Gasteiger partial charge in [-0.1, -0.05) is 30.5 Å². The molecule has 0 saturated carbocycles. The van der Waals surface area contributed by atoms with Crippen molar-refractivity contribution in [2.75, 3.05) is 17.5 Å². The second kappa shape index (κ2) is 3.07. The molecule has 1 aliphatic rings. The van der Waals surface area contributed by atoms with E-state index in [0.29, 0.717) is 11.6 Å². The molecule has 1 aliphatic heterocycles. The molecule has 0 saturated heterocycles. The minimum Gasteiger partial charge on any atom is -0.488 e. The smallest absolute Gasteiger partial charge is 0.162 e. The lowest BCUT2D eigenvalue weighted by Crippen LogP contribution is -2.24. The second-order valence-electron chi connectivity index (χ2n) is 2.56. The van der Waals surface area contributed by atoms with Crippen molar-refractivity contribution in [3.63, 3.8) is 0 Å². The first-order valence-electron chi connectivity index (χ1n) is 3.67. The topological polar surface area (TPSA) is 12.5 Å². The van der Waals surface area contributed by atoms with Gasteiger partial charge in [0, 0.05) is 0 Å². The van der Waals surface area contributed by atoms with E-state index in [1.54, 1.807) is 0 Å². The largest absolute Gasteiger partial charge is 0.488 e. The summed E-state index contributed by atoms with van der Waals surface area (Å²) in [7, 11) is 0.